The number of hydrogen-bond acceptors (Lipinski definition) is 5. The summed E-state index contributed by atoms with van der Waals surface area (Å²) in [6.07, 6.45) is -3.04. The highest BCUT2D eigenvalue weighted by Gasteiger charge is 2.46. The minimum Gasteiger partial charge on any atom is -0.388 e. The van der Waals surface area contributed by atoms with Gasteiger partial charge in [0.25, 0.3) is 0 Å². The van der Waals surface area contributed by atoms with Gasteiger partial charge in [-0.25, -0.2) is 4.79 Å². The van der Waals surface area contributed by atoms with E-state index in [0.29, 0.717) is 6.54 Å². The molecule has 0 aromatic heterocycles. The summed E-state index contributed by atoms with van der Waals surface area (Å²) in [5, 5.41) is 24.5. The van der Waals surface area contributed by atoms with Crippen LogP contribution in [0.25, 0.3) is 0 Å². The monoisotopic (exact) mass is 217 g/mol. The van der Waals surface area contributed by atoms with E-state index in [4.69, 9.17) is 10.5 Å². The second kappa shape index (κ2) is 3.93. The Morgan fingerprint density at radius 2 is 2.20 bits per heavy atom. The number of nitrogens with one attached hydrogen (secondary N) is 2. The van der Waals surface area contributed by atoms with Crippen molar-refractivity contribution < 1.29 is 19.7 Å². The SMILES string of the molecule is NCC1OC2CNC(=O)NC2C(O)[C@H]1O. The number of urea groups is 1. The first-order valence-electron chi connectivity index (χ1n) is 4.89. The van der Waals surface area contributed by atoms with Crippen molar-refractivity contribution in [2.24, 2.45) is 5.73 Å². The summed E-state index contributed by atoms with van der Waals surface area (Å²) >= 11 is 0. The normalized spacial score (nSPS) is 45.3. The Labute approximate surface area is 86.6 Å². The number of carbonyl (C=O) groups excluding carboxylic acids is 1. The Bertz CT molecular complexity index is 260. The molecule has 15 heavy (non-hydrogen) atoms. The number of rotatable bonds is 1. The van der Waals surface area contributed by atoms with Crippen LogP contribution in [0.4, 0.5) is 4.79 Å². The van der Waals surface area contributed by atoms with E-state index in [1.165, 1.54) is 0 Å². The number of nitrogens with two attached hydrogens (primary N) is 1. The van der Waals surface area contributed by atoms with Crippen LogP contribution in [0.3, 0.4) is 0 Å². The predicted octanol–water partition coefficient (Wildman–Crippen LogP) is -2.88. The van der Waals surface area contributed by atoms with Gasteiger partial charge in [-0.1, -0.05) is 0 Å². The Kier molecular flexibility index (Phi) is 2.79. The summed E-state index contributed by atoms with van der Waals surface area (Å²) < 4.78 is 5.46. The molecule has 0 bridgehead atoms. The highest BCUT2D eigenvalue weighted by molar-refractivity contribution is 5.75. The zero-order chi connectivity index (χ0) is 11.0. The smallest absolute Gasteiger partial charge is 0.315 e. The molecule has 2 heterocycles. The maximum Gasteiger partial charge on any atom is 0.315 e. The van der Waals surface area contributed by atoms with E-state index in [2.05, 4.69) is 10.6 Å². The number of carbonyl (C=O) groups is 1. The largest absolute Gasteiger partial charge is 0.388 e. The van der Waals surface area contributed by atoms with Gasteiger partial charge in [-0.2, -0.15) is 0 Å². The van der Waals surface area contributed by atoms with E-state index in [-0.39, 0.29) is 18.7 Å². The first-order valence-corrected chi connectivity index (χ1v) is 4.89. The molecule has 0 aromatic rings. The molecule has 4 unspecified atom stereocenters. The van der Waals surface area contributed by atoms with Crippen molar-refractivity contribution in [3.8, 4) is 0 Å². The molecule has 86 valence electrons. The summed E-state index contributed by atoms with van der Waals surface area (Å²) in [4.78, 5) is 11.0. The molecule has 2 fully saturated rings. The van der Waals surface area contributed by atoms with Crippen LogP contribution >= 0.6 is 0 Å². The molecule has 0 aliphatic carbocycles. The third-order valence-electron chi connectivity index (χ3n) is 2.84. The fourth-order valence-corrected chi connectivity index (χ4v) is 1.99. The second-order valence-electron chi connectivity index (χ2n) is 3.81. The van der Waals surface area contributed by atoms with Crippen LogP contribution in [0.2, 0.25) is 0 Å². The number of aliphatic hydroxyl groups is 2. The van der Waals surface area contributed by atoms with Crippen LogP contribution < -0.4 is 16.4 Å². The van der Waals surface area contributed by atoms with Crippen molar-refractivity contribution in [3.05, 3.63) is 0 Å². The van der Waals surface area contributed by atoms with Crippen molar-refractivity contribution in [2.75, 3.05) is 13.1 Å². The third kappa shape index (κ3) is 1.78. The van der Waals surface area contributed by atoms with Crippen molar-refractivity contribution in [1.29, 1.82) is 0 Å². The highest BCUT2D eigenvalue weighted by Crippen LogP contribution is 2.21. The number of fused-ring (bicyclic) bond motifs is 1. The first kappa shape index (κ1) is 10.6. The van der Waals surface area contributed by atoms with Crippen LogP contribution in [0, 0.1) is 0 Å². The molecule has 2 rings (SSSR count). The molecule has 0 saturated carbocycles. The quantitative estimate of drug-likeness (QED) is 0.323. The van der Waals surface area contributed by atoms with Crippen molar-refractivity contribution in [1.82, 2.24) is 10.6 Å². The standard InChI is InChI=1S/C8H15N3O4/c9-1-3-6(12)7(13)5-4(15-3)2-10-8(14)11-5/h3-7,12-13H,1-2,9H2,(H2,10,11,14)/t3?,4?,5?,6-,7?/m0/s1. The lowest BCUT2D eigenvalue weighted by atomic mass is 9.91. The fraction of sp³-hybridized carbons (Fsp3) is 0.875. The molecule has 7 nitrogen and oxygen atoms in total. The molecular formula is C8H15N3O4. The fourth-order valence-electron chi connectivity index (χ4n) is 1.99. The molecule has 2 amide bonds. The summed E-state index contributed by atoms with van der Waals surface area (Å²) in [5.41, 5.74) is 5.40. The number of ether oxygens (including phenoxy) is 1. The van der Waals surface area contributed by atoms with Crippen molar-refractivity contribution in [3.63, 3.8) is 0 Å². The van der Waals surface area contributed by atoms with Gasteiger partial charge in [-0.05, 0) is 0 Å². The lowest BCUT2D eigenvalue weighted by Gasteiger charge is -2.45. The molecular weight excluding hydrogens is 202 g/mol. The van der Waals surface area contributed by atoms with Gasteiger partial charge in [-0.15, -0.1) is 0 Å². The lowest BCUT2D eigenvalue weighted by molar-refractivity contribution is -0.180. The van der Waals surface area contributed by atoms with Crippen LogP contribution in [-0.2, 0) is 4.74 Å². The average Bonchev–Trinajstić information content (AvgIpc) is 2.24. The summed E-state index contributed by atoms with van der Waals surface area (Å²) in [7, 11) is 0. The second-order valence-corrected chi connectivity index (χ2v) is 3.81. The van der Waals surface area contributed by atoms with Crippen molar-refractivity contribution >= 4 is 6.03 Å². The van der Waals surface area contributed by atoms with Crippen molar-refractivity contribution in [2.45, 2.75) is 30.5 Å². The van der Waals surface area contributed by atoms with E-state index in [1.54, 1.807) is 0 Å². The molecule has 2 aliphatic rings. The zero-order valence-corrected chi connectivity index (χ0v) is 8.09. The predicted molar refractivity (Wildman–Crippen MR) is 50.1 cm³/mol. The summed E-state index contributed by atoms with van der Waals surface area (Å²) in [6, 6.07) is -0.936. The van der Waals surface area contributed by atoms with Crippen LogP contribution in [0.5, 0.6) is 0 Å². The molecule has 0 radical (unpaired) electrons. The molecule has 7 heteroatoms. The van der Waals surface area contributed by atoms with Crippen LogP contribution in [0.1, 0.15) is 0 Å². The maximum atomic E-state index is 11.0. The highest BCUT2D eigenvalue weighted by atomic mass is 16.5. The van der Waals surface area contributed by atoms with E-state index < -0.39 is 24.4 Å². The molecule has 2 aliphatic heterocycles. The maximum absolute atomic E-state index is 11.0. The molecule has 6 N–H and O–H groups in total. The summed E-state index contributed by atoms with van der Waals surface area (Å²) in [6.45, 7) is 0.451. The Morgan fingerprint density at radius 1 is 1.47 bits per heavy atom. The van der Waals surface area contributed by atoms with E-state index in [9.17, 15) is 15.0 Å². The number of hydrogen-bond donors (Lipinski definition) is 5. The Balaban J connectivity index is 2.11. The summed E-state index contributed by atoms with van der Waals surface area (Å²) in [5.74, 6) is 0. The van der Waals surface area contributed by atoms with Gasteiger partial charge in [0.1, 0.15) is 12.2 Å². The molecule has 0 aromatic carbocycles. The molecule has 2 saturated heterocycles. The first-order chi connectivity index (χ1) is 7.13. The van der Waals surface area contributed by atoms with Gasteiger partial charge >= 0.3 is 6.03 Å². The van der Waals surface area contributed by atoms with Gasteiger partial charge in [0.2, 0.25) is 0 Å². The minimum absolute atomic E-state index is 0.134. The van der Waals surface area contributed by atoms with Crippen LogP contribution in [-0.4, -0.2) is 59.8 Å². The molecule has 0 spiro atoms. The van der Waals surface area contributed by atoms with Crippen LogP contribution in [0.15, 0.2) is 0 Å². The lowest BCUT2D eigenvalue weighted by Crippen LogP contribution is -2.70. The van der Waals surface area contributed by atoms with Gasteiger partial charge in [-0.3, -0.25) is 0 Å². The van der Waals surface area contributed by atoms with E-state index >= 15 is 0 Å². The number of amides is 2. The minimum atomic E-state index is -1.06. The van der Waals surface area contributed by atoms with E-state index in [1.807, 2.05) is 0 Å². The average molecular weight is 217 g/mol. The molecule has 5 atom stereocenters. The zero-order valence-electron chi connectivity index (χ0n) is 8.09. The Morgan fingerprint density at radius 3 is 2.87 bits per heavy atom. The van der Waals surface area contributed by atoms with Gasteiger partial charge in [0, 0.05) is 13.1 Å². The topological polar surface area (TPSA) is 117 Å². The third-order valence-corrected chi connectivity index (χ3v) is 2.84. The van der Waals surface area contributed by atoms with E-state index in [0.717, 1.165) is 0 Å². The van der Waals surface area contributed by atoms with Gasteiger partial charge < -0.3 is 31.3 Å². The van der Waals surface area contributed by atoms with Gasteiger partial charge in [0.15, 0.2) is 0 Å². The van der Waals surface area contributed by atoms with Gasteiger partial charge in [0.05, 0.1) is 18.2 Å². The number of aliphatic hydroxyl groups excluding tert-OH is 2. The Hall–Kier alpha value is -0.890.